The number of furan rings is 1. The molecule has 4 aromatic heterocycles. The van der Waals surface area contributed by atoms with Crippen LogP contribution in [0, 0.1) is 0 Å². The number of benzene rings is 7. The van der Waals surface area contributed by atoms with E-state index in [0.29, 0.717) is 11.5 Å². The topological polar surface area (TPSA) is 56.7 Å². The maximum atomic E-state index is 6.27. The lowest BCUT2D eigenvalue weighted by Crippen LogP contribution is -2.31. The van der Waals surface area contributed by atoms with E-state index in [4.69, 9.17) is 14.4 Å². The molecule has 0 spiro atoms. The van der Waals surface area contributed by atoms with Gasteiger partial charge in [-0.2, -0.15) is 0 Å². The molecule has 0 unspecified atom stereocenters. The van der Waals surface area contributed by atoms with Crippen molar-refractivity contribution in [3.05, 3.63) is 229 Å². The third-order valence-electron chi connectivity index (χ3n) is 11.2. The highest BCUT2D eigenvalue weighted by molar-refractivity contribution is 6.09. The maximum Gasteiger partial charge on any atom is 0.227 e. The summed E-state index contributed by atoms with van der Waals surface area (Å²) in [6.07, 6.45) is 1.76. The molecule has 0 radical (unpaired) electrons. The third-order valence-corrected chi connectivity index (χ3v) is 11.2. The summed E-state index contributed by atoms with van der Waals surface area (Å²) in [7, 11) is 0. The number of nitrogens with zero attached hydrogens (tertiary/aromatic N) is 4. The molecule has 268 valence electrons. The Morgan fingerprint density at radius 1 is 0.421 bits per heavy atom. The van der Waals surface area contributed by atoms with Crippen molar-refractivity contribution < 1.29 is 4.42 Å². The predicted molar refractivity (Wildman–Crippen MR) is 231 cm³/mol. The molecule has 0 N–H and O–H groups in total. The zero-order valence-corrected chi connectivity index (χ0v) is 30.8. The molecule has 5 heteroatoms. The van der Waals surface area contributed by atoms with Crippen LogP contribution < -0.4 is 0 Å². The summed E-state index contributed by atoms with van der Waals surface area (Å²) in [6, 6.07) is 70.6. The van der Waals surface area contributed by atoms with Gasteiger partial charge in [0.1, 0.15) is 11.4 Å². The third kappa shape index (κ3) is 5.28. The number of hydrogen-bond acceptors (Lipinski definition) is 4. The van der Waals surface area contributed by atoms with E-state index in [1.807, 2.05) is 12.1 Å². The Balaban J connectivity index is 1.18. The van der Waals surface area contributed by atoms with Crippen molar-refractivity contribution >= 4 is 43.9 Å². The molecule has 0 saturated heterocycles. The average Bonchev–Trinajstić information content (AvgIpc) is 3.83. The molecular weight excluding hydrogens is 697 g/mol. The van der Waals surface area contributed by atoms with E-state index in [0.717, 1.165) is 55.6 Å². The Kier molecular flexibility index (Phi) is 7.64. The minimum absolute atomic E-state index is 0.618. The molecule has 0 aliphatic heterocycles. The first kappa shape index (κ1) is 32.8. The summed E-state index contributed by atoms with van der Waals surface area (Å²) in [4.78, 5) is 15.3. The van der Waals surface area contributed by atoms with E-state index in [9.17, 15) is 0 Å². The predicted octanol–water partition coefficient (Wildman–Crippen LogP) is 12.6. The van der Waals surface area contributed by atoms with E-state index in [1.54, 1.807) is 6.20 Å². The van der Waals surface area contributed by atoms with Crippen molar-refractivity contribution in [3.63, 3.8) is 0 Å². The van der Waals surface area contributed by atoms with Gasteiger partial charge in [-0.05, 0) is 64.7 Å². The van der Waals surface area contributed by atoms with E-state index < -0.39 is 5.41 Å². The van der Waals surface area contributed by atoms with Gasteiger partial charge in [0.15, 0.2) is 5.82 Å². The van der Waals surface area contributed by atoms with Crippen molar-refractivity contribution in [2.24, 2.45) is 0 Å². The molecule has 0 fully saturated rings. The van der Waals surface area contributed by atoms with Crippen LogP contribution >= 0.6 is 0 Å². The Hall–Kier alpha value is -7.63. The highest BCUT2D eigenvalue weighted by Crippen LogP contribution is 2.46. The summed E-state index contributed by atoms with van der Waals surface area (Å²) in [5, 5.41) is 4.35. The molecule has 0 bridgehead atoms. The second-order valence-electron chi connectivity index (χ2n) is 14.4. The highest BCUT2D eigenvalue weighted by atomic mass is 16.3. The fourth-order valence-corrected chi connectivity index (χ4v) is 8.72. The van der Waals surface area contributed by atoms with Crippen LogP contribution in [0.2, 0.25) is 0 Å². The second-order valence-corrected chi connectivity index (χ2v) is 14.4. The van der Waals surface area contributed by atoms with Gasteiger partial charge < -0.3 is 4.42 Å². The summed E-state index contributed by atoms with van der Waals surface area (Å²) in [5.74, 6) is 1.41. The zero-order chi connectivity index (χ0) is 37.8. The molecular formula is C52H34N4O. The Labute approximate surface area is 329 Å². The molecule has 0 atom stereocenters. The monoisotopic (exact) mass is 730 g/mol. The average molecular weight is 731 g/mol. The van der Waals surface area contributed by atoms with E-state index in [-0.39, 0.29) is 0 Å². The number of pyridine rings is 1. The van der Waals surface area contributed by atoms with E-state index in [1.165, 1.54) is 27.5 Å². The normalized spacial score (nSPS) is 11.9. The molecule has 11 aromatic rings. The van der Waals surface area contributed by atoms with Crippen molar-refractivity contribution in [2.45, 2.75) is 5.41 Å². The number of rotatable bonds is 7. The minimum Gasteiger partial charge on any atom is -0.438 e. The largest absolute Gasteiger partial charge is 0.438 e. The molecule has 7 aromatic carbocycles. The lowest BCUT2D eigenvalue weighted by Gasteiger charge is -2.37. The Morgan fingerprint density at radius 3 is 1.65 bits per heavy atom. The van der Waals surface area contributed by atoms with Gasteiger partial charge in [-0.25, -0.2) is 15.0 Å². The lowest BCUT2D eigenvalue weighted by atomic mass is 9.65. The first-order chi connectivity index (χ1) is 28.3. The van der Waals surface area contributed by atoms with Crippen LogP contribution in [0.25, 0.3) is 72.3 Å². The smallest absolute Gasteiger partial charge is 0.227 e. The zero-order valence-electron chi connectivity index (χ0n) is 30.8. The SMILES string of the molecule is c1ccc(C(c2ccccc2)(c2ccccc2)c2cccc(-c3nc(-c4ccc5c(c4)oc4ncccc45)cc(-n4c5ccccc5c5ccccc54)n3)c2)cc1. The molecule has 0 aliphatic rings. The number of hydrogen-bond donors (Lipinski definition) is 0. The van der Waals surface area contributed by atoms with Crippen LogP contribution in [0.1, 0.15) is 22.3 Å². The van der Waals surface area contributed by atoms with Crippen molar-refractivity contribution in [1.29, 1.82) is 0 Å². The van der Waals surface area contributed by atoms with Gasteiger partial charge in [-0.1, -0.05) is 152 Å². The fourth-order valence-electron chi connectivity index (χ4n) is 8.72. The van der Waals surface area contributed by atoms with Crippen molar-refractivity contribution in [3.8, 4) is 28.5 Å². The van der Waals surface area contributed by atoms with Gasteiger partial charge in [0.2, 0.25) is 5.71 Å². The summed E-state index contributed by atoms with van der Waals surface area (Å²) >= 11 is 0. The minimum atomic E-state index is -0.618. The van der Waals surface area contributed by atoms with Gasteiger partial charge in [-0.3, -0.25) is 4.57 Å². The number of aromatic nitrogens is 4. The molecule has 0 amide bonds. The molecule has 11 rings (SSSR count). The highest BCUT2D eigenvalue weighted by Gasteiger charge is 2.38. The van der Waals surface area contributed by atoms with Gasteiger partial charge in [0, 0.05) is 44.9 Å². The van der Waals surface area contributed by atoms with Crippen molar-refractivity contribution in [2.75, 3.05) is 0 Å². The van der Waals surface area contributed by atoms with Gasteiger partial charge >= 0.3 is 0 Å². The number of para-hydroxylation sites is 2. The standard InChI is InChI=1S/C52H34N4O/c1-4-17-37(18-5-1)52(38-19-6-2-7-20-38,39-21-8-3-9-22-39)40-23-14-16-36(32-40)50-54-45(35-29-30-43-44-26-15-31-53-51(44)57-48(43)33-35)34-49(55-50)56-46-27-12-10-24-41(46)42-25-11-13-28-47(42)56/h1-34H. The maximum absolute atomic E-state index is 6.27. The van der Waals surface area contributed by atoms with Crippen molar-refractivity contribution in [1.82, 2.24) is 19.5 Å². The van der Waals surface area contributed by atoms with Gasteiger partial charge in [0.25, 0.3) is 0 Å². The first-order valence-electron chi connectivity index (χ1n) is 19.2. The van der Waals surface area contributed by atoms with E-state index >= 15 is 0 Å². The van der Waals surface area contributed by atoms with Crippen LogP contribution in [-0.2, 0) is 5.41 Å². The van der Waals surface area contributed by atoms with Crippen LogP contribution in [0.3, 0.4) is 0 Å². The molecule has 5 nitrogen and oxygen atoms in total. The van der Waals surface area contributed by atoms with Gasteiger partial charge in [0.05, 0.1) is 22.1 Å². The second kappa shape index (κ2) is 13.3. The Morgan fingerprint density at radius 2 is 1.00 bits per heavy atom. The van der Waals surface area contributed by atoms with E-state index in [2.05, 4.69) is 198 Å². The molecule has 0 saturated carbocycles. The van der Waals surface area contributed by atoms with Gasteiger partial charge in [-0.15, -0.1) is 0 Å². The summed E-state index contributed by atoms with van der Waals surface area (Å²) < 4.78 is 8.53. The first-order valence-corrected chi connectivity index (χ1v) is 19.2. The van der Waals surface area contributed by atoms with Crippen LogP contribution in [-0.4, -0.2) is 19.5 Å². The lowest BCUT2D eigenvalue weighted by molar-refractivity contribution is 0.654. The molecule has 0 aliphatic carbocycles. The number of fused-ring (bicyclic) bond motifs is 6. The Bertz CT molecular complexity index is 3090. The fraction of sp³-hybridized carbons (Fsp3) is 0.0192. The van der Waals surface area contributed by atoms with Crippen LogP contribution in [0.15, 0.2) is 211 Å². The summed E-state index contributed by atoms with van der Waals surface area (Å²) in [6.45, 7) is 0. The molecule has 4 heterocycles. The molecule has 57 heavy (non-hydrogen) atoms. The van der Waals surface area contributed by atoms with Crippen LogP contribution in [0.4, 0.5) is 0 Å². The summed E-state index contributed by atoms with van der Waals surface area (Å²) in [5.41, 5.74) is 10.2. The quantitative estimate of drug-likeness (QED) is 0.153. The van der Waals surface area contributed by atoms with Crippen LogP contribution in [0.5, 0.6) is 0 Å².